The Morgan fingerprint density at radius 3 is 3.00 bits per heavy atom. The van der Waals surface area contributed by atoms with Crippen molar-refractivity contribution in [3.05, 3.63) is 57.2 Å². The van der Waals surface area contributed by atoms with Crippen molar-refractivity contribution in [1.29, 1.82) is 0 Å². The Labute approximate surface area is 138 Å². The van der Waals surface area contributed by atoms with E-state index in [9.17, 15) is 9.59 Å². The minimum Gasteiger partial charge on any atom is -0.488 e. The highest BCUT2D eigenvalue weighted by molar-refractivity contribution is 6.30. The highest BCUT2D eigenvalue weighted by atomic mass is 35.5. The van der Waals surface area contributed by atoms with Gasteiger partial charge in [-0.05, 0) is 31.2 Å². The van der Waals surface area contributed by atoms with E-state index in [1.165, 1.54) is 0 Å². The number of amides is 1. The molecular weight excluding hydrogens is 318 g/mol. The first kappa shape index (κ1) is 15.6. The number of rotatable bonds is 3. The molecule has 120 valence electrons. The van der Waals surface area contributed by atoms with Crippen molar-refractivity contribution in [3.63, 3.8) is 0 Å². The fraction of sp³-hybridized carbons (Fsp3) is 0.312. The van der Waals surface area contributed by atoms with E-state index in [4.69, 9.17) is 16.3 Å². The van der Waals surface area contributed by atoms with Gasteiger partial charge >= 0.3 is 5.69 Å². The zero-order chi connectivity index (χ0) is 16.4. The van der Waals surface area contributed by atoms with Gasteiger partial charge in [-0.3, -0.25) is 4.79 Å². The summed E-state index contributed by atoms with van der Waals surface area (Å²) in [6.45, 7) is 2.74. The predicted octanol–water partition coefficient (Wildman–Crippen LogP) is 2.03. The van der Waals surface area contributed by atoms with Gasteiger partial charge in [0, 0.05) is 23.7 Å². The third-order valence-corrected chi connectivity index (χ3v) is 3.86. The van der Waals surface area contributed by atoms with Crippen LogP contribution in [0.25, 0.3) is 0 Å². The summed E-state index contributed by atoms with van der Waals surface area (Å²) in [5.74, 6) is 0.429. The standard InChI is InChI=1S/C16H16ClN3O3/c1-10-7-14(19-16(22)18-10)15(21)20-6-5-13(9-20)23-12-4-2-3-11(17)8-12/h2-4,7-8,13H,5-6,9H2,1H3,(H,18,19,22)/t13-/m0/s1. The molecule has 23 heavy (non-hydrogen) atoms. The Balaban J connectivity index is 1.67. The third kappa shape index (κ3) is 3.71. The van der Waals surface area contributed by atoms with Crippen LogP contribution in [-0.2, 0) is 0 Å². The average molecular weight is 334 g/mol. The molecule has 1 fully saturated rings. The van der Waals surface area contributed by atoms with E-state index in [-0.39, 0.29) is 17.7 Å². The molecule has 1 atom stereocenters. The van der Waals surface area contributed by atoms with E-state index < -0.39 is 5.69 Å². The lowest BCUT2D eigenvalue weighted by atomic mass is 10.3. The topological polar surface area (TPSA) is 75.3 Å². The number of carbonyl (C=O) groups excluding carboxylic acids is 1. The largest absolute Gasteiger partial charge is 0.488 e. The van der Waals surface area contributed by atoms with Crippen LogP contribution in [0, 0.1) is 6.92 Å². The minimum absolute atomic E-state index is 0.0967. The summed E-state index contributed by atoms with van der Waals surface area (Å²) in [5.41, 5.74) is 0.258. The summed E-state index contributed by atoms with van der Waals surface area (Å²) in [6, 6.07) is 8.75. The predicted molar refractivity (Wildman–Crippen MR) is 86.0 cm³/mol. The SMILES string of the molecule is Cc1cc(C(=O)N2CC[C@H](Oc3cccc(Cl)c3)C2)nc(=O)[nH]1. The van der Waals surface area contributed by atoms with E-state index in [1.54, 1.807) is 30.0 Å². The van der Waals surface area contributed by atoms with Crippen LogP contribution >= 0.6 is 11.6 Å². The smallest absolute Gasteiger partial charge is 0.345 e. The van der Waals surface area contributed by atoms with Gasteiger partial charge in [0.1, 0.15) is 17.5 Å². The second kappa shape index (κ2) is 6.42. The lowest BCUT2D eigenvalue weighted by Gasteiger charge is -2.17. The number of aromatic nitrogens is 2. The van der Waals surface area contributed by atoms with E-state index in [0.717, 1.165) is 6.42 Å². The Morgan fingerprint density at radius 2 is 2.26 bits per heavy atom. The van der Waals surface area contributed by atoms with E-state index >= 15 is 0 Å². The van der Waals surface area contributed by atoms with E-state index in [1.807, 2.05) is 12.1 Å². The number of aromatic amines is 1. The first-order valence-electron chi connectivity index (χ1n) is 7.31. The quantitative estimate of drug-likeness (QED) is 0.932. The van der Waals surface area contributed by atoms with Crippen molar-refractivity contribution in [3.8, 4) is 5.75 Å². The lowest BCUT2D eigenvalue weighted by Crippen LogP contribution is -2.33. The number of aryl methyl sites for hydroxylation is 1. The molecule has 0 radical (unpaired) electrons. The molecule has 2 aromatic rings. The summed E-state index contributed by atoms with van der Waals surface area (Å²) in [6.07, 6.45) is 0.626. The number of hydrogen-bond donors (Lipinski definition) is 1. The van der Waals surface area contributed by atoms with Gasteiger partial charge in [-0.2, -0.15) is 4.98 Å². The van der Waals surface area contributed by atoms with Crippen LogP contribution in [0.3, 0.4) is 0 Å². The highest BCUT2D eigenvalue weighted by Gasteiger charge is 2.29. The number of likely N-dealkylation sites (tertiary alicyclic amines) is 1. The maximum Gasteiger partial charge on any atom is 0.345 e. The van der Waals surface area contributed by atoms with Crippen molar-refractivity contribution in [1.82, 2.24) is 14.9 Å². The summed E-state index contributed by atoms with van der Waals surface area (Å²) >= 11 is 5.93. The molecule has 0 unspecified atom stereocenters. The van der Waals surface area contributed by atoms with Crippen molar-refractivity contribution in [2.45, 2.75) is 19.4 Å². The van der Waals surface area contributed by atoms with Gasteiger partial charge in [0.25, 0.3) is 5.91 Å². The van der Waals surface area contributed by atoms with Crippen LogP contribution in [-0.4, -0.2) is 40.0 Å². The maximum absolute atomic E-state index is 12.4. The van der Waals surface area contributed by atoms with Crippen LogP contribution in [0.1, 0.15) is 22.6 Å². The Hall–Kier alpha value is -2.34. The molecule has 7 heteroatoms. The fourth-order valence-electron chi connectivity index (χ4n) is 2.59. The van der Waals surface area contributed by atoms with Crippen LogP contribution in [0.15, 0.2) is 35.1 Å². The van der Waals surface area contributed by atoms with Gasteiger partial charge in [-0.25, -0.2) is 4.79 Å². The molecule has 1 aromatic carbocycles. The molecule has 6 nitrogen and oxygen atoms in total. The maximum atomic E-state index is 12.4. The molecule has 3 rings (SSSR count). The number of H-pyrrole nitrogens is 1. The first-order chi connectivity index (χ1) is 11.0. The molecule has 2 heterocycles. The van der Waals surface area contributed by atoms with E-state index in [2.05, 4.69) is 9.97 Å². The molecule has 0 saturated carbocycles. The number of halogens is 1. The van der Waals surface area contributed by atoms with Crippen LogP contribution in [0.2, 0.25) is 5.02 Å². The van der Waals surface area contributed by atoms with Gasteiger partial charge < -0.3 is 14.6 Å². The number of benzene rings is 1. The summed E-state index contributed by atoms with van der Waals surface area (Å²) in [7, 11) is 0. The summed E-state index contributed by atoms with van der Waals surface area (Å²) in [5, 5.41) is 0.608. The number of hydrogen-bond acceptors (Lipinski definition) is 4. The van der Waals surface area contributed by atoms with Crippen molar-refractivity contribution in [2.75, 3.05) is 13.1 Å². The van der Waals surface area contributed by atoms with Gasteiger partial charge in [0.15, 0.2) is 0 Å². The van der Waals surface area contributed by atoms with Gasteiger partial charge in [-0.15, -0.1) is 0 Å². The van der Waals surface area contributed by atoms with Crippen LogP contribution in [0.5, 0.6) is 5.75 Å². The summed E-state index contributed by atoms with van der Waals surface area (Å²) in [4.78, 5) is 31.7. The normalized spacial score (nSPS) is 17.3. The fourth-order valence-corrected chi connectivity index (χ4v) is 2.77. The molecule has 1 amide bonds. The lowest BCUT2D eigenvalue weighted by molar-refractivity contribution is 0.0766. The molecule has 0 bridgehead atoms. The minimum atomic E-state index is -0.515. The molecule has 1 aliphatic rings. The number of ether oxygens (including phenoxy) is 1. The second-order valence-corrected chi connectivity index (χ2v) is 5.93. The monoisotopic (exact) mass is 333 g/mol. The highest BCUT2D eigenvalue weighted by Crippen LogP contribution is 2.22. The van der Waals surface area contributed by atoms with Crippen molar-refractivity contribution >= 4 is 17.5 Å². The van der Waals surface area contributed by atoms with Crippen molar-refractivity contribution in [2.24, 2.45) is 0 Å². The Kier molecular flexibility index (Phi) is 4.34. The van der Waals surface area contributed by atoms with Crippen LogP contribution < -0.4 is 10.4 Å². The number of nitrogens with zero attached hydrogens (tertiary/aromatic N) is 2. The van der Waals surface area contributed by atoms with Gasteiger partial charge in [-0.1, -0.05) is 17.7 Å². The number of carbonyl (C=O) groups is 1. The summed E-state index contributed by atoms with van der Waals surface area (Å²) < 4.78 is 5.85. The van der Waals surface area contributed by atoms with Gasteiger partial charge in [0.2, 0.25) is 0 Å². The van der Waals surface area contributed by atoms with Crippen molar-refractivity contribution < 1.29 is 9.53 Å². The Morgan fingerprint density at radius 1 is 1.43 bits per heavy atom. The zero-order valence-corrected chi connectivity index (χ0v) is 13.3. The average Bonchev–Trinajstić information content (AvgIpc) is 2.94. The van der Waals surface area contributed by atoms with E-state index in [0.29, 0.717) is 29.6 Å². The van der Waals surface area contributed by atoms with Crippen LogP contribution in [0.4, 0.5) is 0 Å². The Bertz CT molecular complexity index is 790. The van der Waals surface area contributed by atoms with Gasteiger partial charge in [0.05, 0.1) is 6.54 Å². The molecule has 0 aliphatic carbocycles. The molecule has 1 aliphatic heterocycles. The second-order valence-electron chi connectivity index (χ2n) is 5.49. The molecule has 0 spiro atoms. The molecule has 1 saturated heterocycles. The molecular formula is C16H16ClN3O3. The third-order valence-electron chi connectivity index (χ3n) is 3.63. The number of nitrogens with one attached hydrogen (secondary N) is 1. The zero-order valence-electron chi connectivity index (χ0n) is 12.6. The molecule has 1 aromatic heterocycles. The molecule has 1 N–H and O–H groups in total. The first-order valence-corrected chi connectivity index (χ1v) is 7.68.